The maximum absolute atomic E-state index is 3.91. The molecule has 0 bridgehead atoms. The molecule has 0 aromatic heterocycles. The molecule has 15 aliphatic rings. The number of fused-ring (bicyclic) bond motifs is 7. The molecular weight excluding hydrogens is 949 g/mol. The highest BCUT2D eigenvalue weighted by molar-refractivity contribution is 5.17. The lowest BCUT2D eigenvalue weighted by atomic mass is 9.61. The van der Waals surface area contributed by atoms with Crippen LogP contribution in [0.15, 0.2) is 0 Å². The van der Waals surface area contributed by atoms with Gasteiger partial charge in [0.1, 0.15) is 0 Å². The smallest absolute Gasteiger partial charge is 0.0919 e. The Balaban J connectivity index is 0.741. The Morgan fingerprint density at radius 1 is 0.237 bits per heavy atom. The Bertz CT molecular complexity index is 1680. The molecule has 9 saturated carbocycles. The third-order valence-corrected chi connectivity index (χ3v) is 25.0. The quantitative estimate of drug-likeness (QED) is 0.123. The van der Waals surface area contributed by atoms with E-state index in [1.807, 2.05) is 0 Å². The minimum absolute atomic E-state index is 0.325. The molecule has 0 aromatic rings. The van der Waals surface area contributed by atoms with E-state index in [-0.39, 0.29) is 0 Å². The van der Waals surface area contributed by atoms with Crippen molar-refractivity contribution in [2.45, 2.75) is 316 Å². The van der Waals surface area contributed by atoms with Crippen molar-refractivity contribution in [1.29, 1.82) is 0 Å². The molecule has 18 nitrogen and oxygen atoms in total. The fraction of sp³-hybridized carbons (Fsp3) is 1.00. The van der Waals surface area contributed by atoms with E-state index in [9.17, 15) is 0 Å². The Morgan fingerprint density at radius 3 is 0.816 bits per heavy atom. The SMILES string of the molecule is C1CCC(N2NNNC2C2CC(C3NNNN3C3CCCCC3)CC(N3C4CCCCC4C4C5C6CCCCC6N(C6CC(C7NNNN7C7CCCCC7)CC(C7NNNN7C7CCCCC7)C6)C5CCC43)C2)CC1. The van der Waals surface area contributed by atoms with Gasteiger partial charge in [0.25, 0.3) is 0 Å². The van der Waals surface area contributed by atoms with Crippen molar-refractivity contribution in [3.63, 3.8) is 0 Å². The van der Waals surface area contributed by atoms with Crippen LogP contribution in [-0.2, 0) is 0 Å². The van der Waals surface area contributed by atoms with E-state index in [1.54, 1.807) is 0 Å². The van der Waals surface area contributed by atoms with Crippen LogP contribution in [0.25, 0.3) is 0 Å². The Kier molecular flexibility index (Phi) is 15.9. The largest absolute Gasteiger partial charge is 0.294 e. The van der Waals surface area contributed by atoms with Crippen LogP contribution in [0.3, 0.4) is 0 Å². The summed E-state index contributed by atoms with van der Waals surface area (Å²) in [6, 6.07) is 6.71. The Hall–Kier alpha value is -0.720. The summed E-state index contributed by atoms with van der Waals surface area (Å²) in [6.45, 7) is 0. The lowest BCUT2D eigenvalue weighted by molar-refractivity contribution is -0.0452. The van der Waals surface area contributed by atoms with Crippen LogP contribution in [-0.4, -0.2) is 115 Å². The summed E-state index contributed by atoms with van der Waals surface area (Å²) >= 11 is 0. The van der Waals surface area contributed by atoms with Crippen molar-refractivity contribution < 1.29 is 0 Å². The van der Waals surface area contributed by atoms with Gasteiger partial charge in [-0.1, -0.05) is 103 Å². The van der Waals surface area contributed by atoms with Gasteiger partial charge in [-0.05, 0) is 176 Å². The third kappa shape index (κ3) is 9.74. The van der Waals surface area contributed by atoms with Gasteiger partial charge in [-0.2, -0.15) is 44.3 Å². The molecule has 16 unspecified atom stereocenters. The predicted octanol–water partition coefficient (Wildman–Crippen LogP) is 6.02. The van der Waals surface area contributed by atoms with Crippen molar-refractivity contribution in [1.82, 2.24) is 95.8 Å². The van der Waals surface area contributed by atoms with E-state index in [4.69, 9.17) is 0 Å². The van der Waals surface area contributed by atoms with Gasteiger partial charge in [0.2, 0.25) is 0 Å². The fourth-order valence-electron chi connectivity index (χ4n) is 22.2. The number of nitrogens with one attached hydrogen (secondary N) is 12. The summed E-state index contributed by atoms with van der Waals surface area (Å²) < 4.78 is 0. The van der Waals surface area contributed by atoms with Crippen molar-refractivity contribution in [2.24, 2.45) is 47.3 Å². The summed E-state index contributed by atoms with van der Waals surface area (Å²) in [6.07, 6.45) is 50.7. The molecule has 6 aliphatic heterocycles. The maximum atomic E-state index is 3.91. The molecule has 76 heavy (non-hydrogen) atoms. The topological polar surface area (TPSA) is 164 Å². The molecule has 16 atom stereocenters. The second-order valence-corrected chi connectivity index (χ2v) is 28.7. The first-order valence-corrected chi connectivity index (χ1v) is 33.4. The third-order valence-electron chi connectivity index (χ3n) is 25.0. The first kappa shape index (κ1) is 52.1. The van der Waals surface area contributed by atoms with Crippen LogP contribution in [0.5, 0.6) is 0 Å². The zero-order valence-electron chi connectivity index (χ0n) is 46.8. The molecule has 9 aliphatic carbocycles. The highest BCUT2D eigenvalue weighted by Gasteiger charge is 2.65. The van der Waals surface area contributed by atoms with E-state index in [0.29, 0.717) is 84.6 Å². The second-order valence-electron chi connectivity index (χ2n) is 28.7. The summed E-state index contributed by atoms with van der Waals surface area (Å²) in [5.74, 6) is 5.77. The van der Waals surface area contributed by atoms with Crippen LogP contribution in [0, 0.1) is 47.3 Å². The minimum Gasteiger partial charge on any atom is -0.294 e. The first-order valence-electron chi connectivity index (χ1n) is 33.4. The summed E-state index contributed by atoms with van der Waals surface area (Å²) in [4.78, 5) is 6.80. The van der Waals surface area contributed by atoms with E-state index < -0.39 is 0 Å². The zero-order chi connectivity index (χ0) is 50.1. The lowest BCUT2D eigenvalue weighted by Crippen LogP contribution is -2.60. The van der Waals surface area contributed by atoms with Crippen LogP contribution < -0.4 is 66.0 Å². The fourth-order valence-corrected chi connectivity index (χ4v) is 22.2. The van der Waals surface area contributed by atoms with Gasteiger partial charge >= 0.3 is 0 Å². The molecule has 6 heterocycles. The lowest BCUT2D eigenvalue weighted by Gasteiger charge is -2.52. The average molecular weight is 1060 g/mol. The minimum atomic E-state index is 0.325. The van der Waals surface area contributed by atoms with Crippen LogP contribution in [0.2, 0.25) is 0 Å². The van der Waals surface area contributed by atoms with Gasteiger partial charge in [0, 0.05) is 60.4 Å². The van der Waals surface area contributed by atoms with E-state index in [1.165, 1.54) is 231 Å². The van der Waals surface area contributed by atoms with E-state index in [2.05, 4.69) is 95.8 Å². The van der Waals surface area contributed by atoms with Gasteiger partial charge in [-0.25, -0.2) is 41.7 Å². The zero-order valence-corrected chi connectivity index (χ0v) is 46.8. The number of hydrogen-bond acceptors (Lipinski definition) is 18. The molecule has 428 valence electrons. The molecule has 12 N–H and O–H groups in total. The van der Waals surface area contributed by atoms with Gasteiger partial charge < -0.3 is 0 Å². The second kappa shape index (κ2) is 23.1. The molecule has 0 aromatic carbocycles. The first-order chi connectivity index (χ1) is 37.7. The molecule has 0 amide bonds. The number of nitrogens with zero attached hydrogens (tertiary/aromatic N) is 6. The van der Waals surface area contributed by atoms with Gasteiger partial charge in [0.05, 0.1) is 24.7 Å². The molecule has 0 spiro atoms. The number of likely N-dealkylation sites (tertiary alicyclic amines) is 2. The number of hydrazine groups is 12. The summed E-state index contributed by atoms with van der Waals surface area (Å²) in [5.41, 5.74) is 44.6. The standard InChI is InChI=1S/C58H106N18/c1-5-17-41(18-6-1)73-55(59-63-67-73)37-31-38(56-60-64-68-74(56)42-19-7-2-8-20-42)34-45(33-37)71-49-27-15-13-25-47(49)53-51(71)29-30-52-54(53)48-26-14-16-28-50(48)72(52)46-35-39(57-61-65-69-75(57)43-21-9-3-10-22-43)32-40(36-46)58-62-66-70-76(58)44-23-11-4-12-24-44/h37-70H,1-36H2. The van der Waals surface area contributed by atoms with Gasteiger partial charge in [0.15, 0.2) is 0 Å². The summed E-state index contributed by atoms with van der Waals surface area (Å²) in [5, 5.41) is 10.7. The van der Waals surface area contributed by atoms with Crippen molar-refractivity contribution >= 4 is 0 Å². The molecule has 18 heteroatoms. The molecular formula is C58H106N18. The maximum Gasteiger partial charge on any atom is 0.0919 e. The number of hydrogen-bond donors (Lipinski definition) is 12. The monoisotopic (exact) mass is 1050 g/mol. The van der Waals surface area contributed by atoms with Gasteiger partial charge in [-0.3, -0.25) is 9.80 Å². The van der Waals surface area contributed by atoms with Crippen LogP contribution >= 0.6 is 0 Å². The normalized spacial score (nSPS) is 47.8. The Morgan fingerprint density at radius 2 is 0.513 bits per heavy atom. The highest BCUT2D eigenvalue weighted by Crippen LogP contribution is 2.62. The predicted molar refractivity (Wildman–Crippen MR) is 296 cm³/mol. The molecule has 0 radical (unpaired) electrons. The summed E-state index contributed by atoms with van der Waals surface area (Å²) in [7, 11) is 0. The Labute approximate surface area is 457 Å². The van der Waals surface area contributed by atoms with Crippen molar-refractivity contribution in [3.05, 3.63) is 0 Å². The van der Waals surface area contributed by atoms with E-state index in [0.717, 1.165) is 47.8 Å². The number of rotatable bonds is 10. The highest BCUT2D eigenvalue weighted by atomic mass is 15.9. The van der Waals surface area contributed by atoms with E-state index >= 15 is 0 Å². The van der Waals surface area contributed by atoms with Crippen molar-refractivity contribution in [3.8, 4) is 0 Å². The molecule has 15 rings (SSSR count). The molecule has 6 saturated heterocycles. The van der Waals surface area contributed by atoms with Crippen LogP contribution in [0.1, 0.15) is 231 Å². The van der Waals surface area contributed by atoms with Gasteiger partial charge in [-0.15, -0.1) is 0 Å². The average Bonchev–Trinajstić information content (AvgIpc) is 4.49. The molecule has 15 fully saturated rings. The van der Waals surface area contributed by atoms with Crippen LogP contribution in [0.4, 0.5) is 0 Å². The van der Waals surface area contributed by atoms with Crippen molar-refractivity contribution in [2.75, 3.05) is 0 Å².